The van der Waals surface area contributed by atoms with E-state index in [9.17, 15) is 0 Å². The highest BCUT2D eigenvalue weighted by atomic mass is 15.4. The molecule has 0 aliphatic carbocycles. The second kappa shape index (κ2) is 13.8. The third-order valence-corrected chi connectivity index (χ3v) is 11.5. The predicted octanol–water partition coefficient (Wildman–Crippen LogP) is 9.64. The molecule has 1 atom stereocenters. The summed E-state index contributed by atoms with van der Waals surface area (Å²) in [5, 5.41) is 9.23. The monoisotopic (exact) mass is 691 g/mol. The van der Waals surface area contributed by atoms with Gasteiger partial charge in [-0.3, -0.25) is 0 Å². The number of nitrogens with zero attached hydrogens (tertiary/aromatic N) is 8. The van der Waals surface area contributed by atoms with Gasteiger partial charge in [-0.1, -0.05) is 121 Å². The van der Waals surface area contributed by atoms with E-state index in [-0.39, 0.29) is 16.4 Å². The van der Waals surface area contributed by atoms with Gasteiger partial charge in [0, 0.05) is 29.4 Å². The van der Waals surface area contributed by atoms with Crippen LogP contribution >= 0.6 is 0 Å². The van der Waals surface area contributed by atoms with Crippen LogP contribution in [0.1, 0.15) is 104 Å². The van der Waals surface area contributed by atoms with Crippen LogP contribution in [0.5, 0.6) is 0 Å². The normalized spacial score (nSPS) is 16.4. The summed E-state index contributed by atoms with van der Waals surface area (Å²) in [6.45, 7) is 18.4. The van der Waals surface area contributed by atoms with Gasteiger partial charge in [0.05, 0.1) is 29.1 Å². The fraction of sp³-hybridized carbons (Fsp3) is 0.386. The standard InChI is InChI=1S/C44H51N8/c1-9-13-17-30-20-22-32(23-21-30)40-46-39(31-18-15-14-16-19-31)47-41(48-40)36-28-52(50-49-36)33-24-25-35-34(26-33)37-27-45-38(42(5,6)7)29-51(37)44(11-3,12-4)43(35,8)10-2/h14-16,18-29H,9-13,17H2,1-8H3/q+1. The van der Waals surface area contributed by atoms with Crippen LogP contribution in [0.2, 0.25) is 0 Å². The van der Waals surface area contributed by atoms with Gasteiger partial charge in [-0.05, 0) is 49.4 Å². The highest BCUT2D eigenvalue weighted by molar-refractivity contribution is 5.69. The van der Waals surface area contributed by atoms with Crippen molar-refractivity contribution in [2.24, 2.45) is 0 Å². The first-order chi connectivity index (χ1) is 25.0. The Morgan fingerprint density at radius 3 is 2.08 bits per heavy atom. The average molecular weight is 692 g/mol. The van der Waals surface area contributed by atoms with E-state index >= 15 is 0 Å². The van der Waals surface area contributed by atoms with Gasteiger partial charge in [-0.15, -0.1) is 5.10 Å². The summed E-state index contributed by atoms with van der Waals surface area (Å²) in [5.74, 6) is 1.69. The maximum atomic E-state index is 5.02. The minimum absolute atomic E-state index is 0.0650. The molecular formula is C44H51N8+. The molecule has 4 heterocycles. The maximum absolute atomic E-state index is 5.02. The van der Waals surface area contributed by atoms with Crippen LogP contribution in [0, 0.1) is 0 Å². The third kappa shape index (κ3) is 6.02. The van der Waals surface area contributed by atoms with Crippen molar-refractivity contribution in [3.05, 3.63) is 108 Å². The topological polar surface area (TPSA) is 86.2 Å². The van der Waals surface area contributed by atoms with Crippen LogP contribution in [0.4, 0.5) is 0 Å². The summed E-state index contributed by atoms with van der Waals surface area (Å²) >= 11 is 0. The number of hydrogen-bond acceptors (Lipinski definition) is 6. The largest absolute Gasteiger partial charge is 0.248 e. The van der Waals surface area contributed by atoms with Gasteiger partial charge in [-0.25, -0.2) is 24.6 Å². The number of rotatable bonds is 10. The summed E-state index contributed by atoms with van der Waals surface area (Å²) in [7, 11) is 0. The molecule has 3 aromatic heterocycles. The Balaban J connectivity index is 1.32. The Bertz CT molecular complexity index is 2190. The molecule has 1 aliphatic heterocycles. The summed E-state index contributed by atoms with van der Waals surface area (Å²) < 4.78 is 4.38. The van der Waals surface area contributed by atoms with E-state index in [0.29, 0.717) is 23.2 Å². The molecule has 3 aromatic carbocycles. The lowest BCUT2D eigenvalue weighted by molar-refractivity contribution is -0.770. The number of fused-ring (bicyclic) bond motifs is 3. The first kappa shape index (κ1) is 35.3. The van der Waals surface area contributed by atoms with Gasteiger partial charge in [0.15, 0.2) is 34.9 Å². The van der Waals surface area contributed by atoms with Crippen molar-refractivity contribution >= 4 is 0 Å². The number of unbranched alkanes of at least 4 members (excludes halogenated alkanes) is 1. The van der Waals surface area contributed by atoms with Crippen molar-refractivity contribution < 1.29 is 4.57 Å². The van der Waals surface area contributed by atoms with Gasteiger partial charge in [0.1, 0.15) is 5.69 Å². The fourth-order valence-corrected chi connectivity index (χ4v) is 8.16. The van der Waals surface area contributed by atoms with Crippen molar-refractivity contribution in [2.45, 2.75) is 110 Å². The Morgan fingerprint density at radius 2 is 1.44 bits per heavy atom. The summed E-state index contributed by atoms with van der Waals surface area (Å²) in [6, 6.07) is 25.3. The summed E-state index contributed by atoms with van der Waals surface area (Å²) in [5.41, 5.74) is 9.20. The molecule has 0 saturated heterocycles. The van der Waals surface area contributed by atoms with Gasteiger partial charge in [-0.2, -0.15) is 4.57 Å². The first-order valence-corrected chi connectivity index (χ1v) is 19.0. The number of aromatic nitrogens is 8. The Morgan fingerprint density at radius 1 is 0.769 bits per heavy atom. The van der Waals surface area contributed by atoms with Crippen LogP contribution in [-0.2, 0) is 22.8 Å². The molecule has 6 aromatic rings. The summed E-state index contributed by atoms with van der Waals surface area (Å²) in [6.07, 6.45) is 12.8. The van der Waals surface area contributed by atoms with Gasteiger partial charge >= 0.3 is 0 Å². The van der Waals surface area contributed by atoms with Crippen molar-refractivity contribution in [1.82, 2.24) is 34.9 Å². The number of benzene rings is 3. The summed E-state index contributed by atoms with van der Waals surface area (Å²) in [4.78, 5) is 19.8. The van der Waals surface area contributed by atoms with E-state index in [1.54, 1.807) is 0 Å². The van der Waals surface area contributed by atoms with E-state index in [1.807, 2.05) is 41.2 Å². The van der Waals surface area contributed by atoms with E-state index in [2.05, 4.69) is 125 Å². The molecule has 52 heavy (non-hydrogen) atoms. The molecule has 0 bridgehead atoms. The average Bonchev–Trinajstić information content (AvgIpc) is 3.68. The molecule has 0 spiro atoms. The van der Waals surface area contributed by atoms with E-state index in [4.69, 9.17) is 19.9 Å². The quantitative estimate of drug-likeness (QED) is 0.133. The van der Waals surface area contributed by atoms with Crippen molar-refractivity contribution in [2.75, 3.05) is 0 Å². The minimum atomic E-state index is -0.0879. The third-order valence-electron chi connectivity index (χ3n) is 11.5. The van der Waals surface area contributed by atoms with Gasteiger partial charge in [0.2, 0.25) is 5.69 Å². The molecule has 1 aliphatic rings. The molecule has 7 rings (SSSR count). The van der Waals surface area contributed by atoms with Crippen molar-refractivity contribution in [1.29, 1.82) is 0 Å². The predicted molar refractivity (Wildman–Crippen MR) is 208 cm³/mol. The molecule has 1 unspecified atom stereocenters. The van der Waals surface area contributed by atoms with Crippen molar-refractivity contribution in [3.8, 4) is 51.2 Å². The fourth-order valence-electron chi connectivity index (χ4n) is 8.16. The zero-order valence-corrected chi connectivity index (χ0v) is 32.0. The highest BCUT2D eigenvalue weighted by Crippen LogP contribution is 2.51. The second-order valence-electron chi connectivity index (χ2n) is 15.5. The van der Waals surface area contributed by atoms with Crippen LogP contribution in [0.15, 0.2) is 91.4 Å². The molecule has 0 N–H and O–H groups in total. The number of aryl methyl sites for hydroxylation is 1. The first-order valence-electron chi connectivity index (χ1n) is 19.0. The lowest BCUT2D eigenvalue weighted by atomic mass is 9.59. The van der Waals surface area contributed by atoms with Crippen molar-refractivity contribution in [3.63, 3.8) is 0 Å². The van der Waals surface area contributed by atoms with Crippen LogP contribution < -0.4 is 4.57 Å². The smallest absolute Gasteiger partial charge is 0.231 e. The molecule has 266 valence electrons. The van der Waals surface area contributed by atoms with E-state index < -0.39 is 0 Å². The highest BCUT2D eigenvalue weighted by Gasteiger charge is 2.58. The maximum Gasteiger partial charge on any atom is 0.231 e. The molecule has 0 amide bonds. The Kier molecular flexibility index (Phi) is 9.36. The van der Waals surface area contributed by atoms with Crippen LogP contribution in [0.25, 0.3) is 51.2 Å². The zero-order chi connectivity index (χ0) is 36.7. The number of hydrogen-bond donors (Lipinski definition) is 0. The SMILES string of the molecule is CCCCc1ccc(-c2nc(-c3ccccc3)nc(-c3cn(-c4ccc5c(c4)-c4cnc(C(C)(C)C)c[n+]4C(CC)(CC)C5(C)CC)nn3)n2)cc1. The molecule has 8 nitrogen and oxygen atoms in total. The van der Waals surface area contributed by atoms with Crippen LogP contribution in [-0.4, -0.2) is 34.9 Å². The lowest BCUT2D eigenvalue weighted by Gasteiger charge is -2.47. The van der Waals surface area contributed by atoms with E-state index in [0.717, 1.165) is 53.9 Å². The molecule has 0 saturated carbocycles. The Hall–Kier alpha value is -5.11. The van der Waals surface area contributed by atoms with Crippen LogP contribution in [0.3, 0.4) is 0 Å². The zero-order valence-electron chi connectivity index (χ0n) is 32.0. The van der Waals surface area contributed by atoms with Gasteiger partial charge in [0.25, 0.3) is 0 Å². The molecule has 0 radical (unpaired) electrons. The van der Waals surface area contributed by atoms with Gasteiger partial charge < -0.3 is 0 Å². The minimum Gasteiger partial charge on any atom is -0.248 e. The molecular weight excluding hydrogens is 641 g/mol. The van der Waals surface area contributed by atoms with E-state index in [1.165, 1.54) is 29.5 Å². The Labute approximate surface area is 308 Å². The molecule has 8 heteroatoms. The molecule has 0 fully saturated rings. The second-order valence-corrected chi connectivity index (χ2v) is 15.5. The lowest BCUT2D eigenvalue weighted by Crippen LogP contribution is -2.69.